The highest BCUT2D eigenvalue weighted by molar-refractivity contribution is 5.81. The zero-order valence-electron chi connectivity index (χ0n) is 14.7. The van der Waals surface area contributed by atoms with E-state index in [0.29, 0.717) is 12.5 Å². The van der Waals surface area contributed by atoms with Gasteiger partial charge in [0, 0.05) is 44.2 Å². The molecule has 3 aliphatic rings. The van der Waals surface area contributed by atoms with Gasteiger partial charge in [-0.3, -0.25) is 4.79 Å². The lowest BCUT2D eigenvalue weighted by Gasteiger charge is -2.52. The zero-order chi connectivity index (χ0) is 17.4. The van der Waals surface area contributed by atoms with E-state index in [2.05, 4.69) is 19.8 Å². The highest BCUT2D eigenvalue weighted by Gasteiger charge is 2.50. The number of H-pyrrole nitrogens is 1. The van der Waals surface area contributed by atoms with E-state index in [1.807, 2.05) is 0 Å². The summed E-state index contributed by atoms with van der Waals surface area (Å²) in [6.07, 6.45) is 6.78. The SMILES string of the molecule is O=C(C1CCC1)N1CCc2[nH]cnc2C12CCN(C[C@@H](O)CO)CC2. The predicted molar refractivity (Wildman–Crippen MR) is 91.8 cm³/mol. The minimum Gasteiger partial charge on any atom is -0.394 e. The van der Waals surface area contributed by atoms with Gasteiger partial charge in [0.25, 0.3) is 0 Å². The molecule has 0 bridgehead atoms. The molecule has 1 aliphatic carbocycles. The van der Waals surface area contributed by atoms with E-state index < -0.39 is 6.10 Å². The molecule has 0 aromatic carbocycles. The van der Waals surface area contributed by atoms with Crippen molar-refractivity contribution in [1.82, 2.24) is 19.8 Å². The summed E-state index contributed by atoms with van der Waals surface area (Å²) in [6.45, 7) is 2.65. The molecule has 3 N–H and O–H groups in total. The molecule has 25 heavy (non-hydrogen) atoms. The third kappa shape index (κ3) is 2.88. The summed E-state index contributed by atoms with van der Waals surface area (Å²) < 4.78 is 0. The molecule has 2 fully saturated rings. The van der Waals surface area contributed by atoms with Crippen LogP contribution in [0.25, 0.3) is 0 Å². The molecule has 138 valence electrons. The maximum absolute atomic E-state index is 13.1. The second kappa shape index (κ2) is 6.70. The number of hydrogen-bond acceptors (Lipinski definition) is 5. The van der Waals surface area contributed by atoms with Crippen LogP contribution >= 0.6 is 0 Å². The number of piperidine rings is 1. The maximum Gasteiger partial charge on any atom is 0.226 e. The van der Waals surface area contributed by atoms with Crippen LogP contribution in [0.5, 0.6) is 0 Å². The molecule has 1 aromatic heterocycles. The minimum absolute atomic E-state index is 0.201. The molecule has 2 aliphatic heterocycles. The van der Waals surface area contributed by atoms with Crippen LogP contribution in [0.3, 0.4) is 0 Å². The summed E-state index contributed by atoms with van der Waals surface area (Å²) >= 11 is 0. The summed E-state index contributed by atoms with van der Waals surface area (Å²) in [4.78, 5) is 25.3. The fourth-order valence-corrected chi connectivity index (χ4v) is 4.64. The molecule has 1 saturated carbocycles. The number of aliphatic hydroxyl groups is 2. The van der Waals surface area contributed by atoms with Gasteiger partial charge >= 0.3 is 0 Å². The van der Waals surface area contributed by atoms with E-state index in [0.717, 1.165) is 63.9 Å². The monoisotopic (exact) mass is 348 g/mol. The zero-order valence-corrected chi connectivity index (χ0v) is 14.7. The van der Waals surface area contributed by atoms with Crippen molar-refractivity contribution in [3.05, 3.63) is 17.7 Å². The normalized spacial score (nSPS) is 24.8. The minimum atomic E-state index is -0.700. The fraction of sp³-hybridized carbons (Fsp3) is 0.778. The lowest BCUT2D eigenvalue weighted by Crippen LogP contribution is -2.60. The van der Waals surface area contributed by atoms with Crippen molar-refractivity contribution in [3.8, 4) is 0 Å². The van der Waals surface area contributed by atoms with Crippen LogP contribution in [0.4, 0.5) is 0 Å². The van der Waals surface area contributed by atoms with Crippen molar-refractivity contribution in [2.75, 3.05) is 32.8 Å². The summed E-state index contributed by atoms with van der Waals surface area (Å²) in [7, 11) is 0. The van der Waals surface area contributed by atoms with Crippen LogP contribution in [0.2, 0.25) is 0 Å². The van der Waals surface area contributed by atoms with Gasteiger partial charge in [0.05, 0.1) is 30.3 Å². The number of amides is 1. The first-order valence-electron chi connectivity index (χ1n) is 9.49. The van der Waals surface area contributed by atoms with Crippen LogP contribution in [-0.2, 0) is 16.8 Å². The molecular weight excluding hydrogens is 320 g/mol. The van der Waals surface area contributed by atoms with E-state index in [-0.39, 0.29) is 18.1 Å². The van der Waals surface area contributed by atoms with Gasteiger partial charge in [-0.2, -0.15) is 0 Å². The van der Waals surface area contributed by atoms with Gasteiger partial charge in [-0.05, 0) is 25.7 Å². The first-order valence-corrected chi connectivity index (χ1v) is 9.49. The van der Waals surface area contributed by atoms with Crippen molar-refractivity contribution in [2.45, 2.75) is 50.2 Å². The van der Waals surface area contributed by atoms with Crippen molar-refractivity contribution >= 4 is 5.91 Å². The highest BCUT2D eigenvalue weighted by atomic mass is 16.3. The summed E-state index contributed by atoms with van der Waals surface area (Å²) in [5.41, 5.74) is 1.91. The number of aliphatic hydroxyl groups excluding tert-OH is 2. The van der Waals surface area contributed by atoms with Gasteiger partial charge in [0.2, 0.25) is 5.91 Å². The molecule has 7 nitrogen and oxygen atoms in total. The number of aromatic nitrogens is 2. The number of β-amino-alcohol motifs (C(OH)–C–C–N with tert-alkyl or cyclic N) is 1. The van der Waals surface area contributed by atoms with Crippen molar-refractivity contribution < 1.29 is 15.0 Å². The molecular formula is C18H28N4O3. The van der Waals surface area contributed by atoms with Crippen LogP contribution in [0.15, 0.2) is 6.33 Å². The molecule has 0 radical (unpaired) electrons. The van der Waals surface area contributed by atoms with Gasteiger partial charge in [-0.15, -0.1) is 0 Å². The average Bonchev–Trinajstić information content (AvgIpc) is 3.05. The Morgan fingerprint density at radius 1 is 1.36 bits per heavy atom. The Morgan fingerprint density at radius 3 is 2.76 bits per heavy atom. The number of aromatic amines is 1. The molecule has 1 atom stereocenters. The lowest BCUT2D eigenvalue weighted by molar-refractivity contribution is -0.149. The van der Waals surface area contributed by atoms with E-state index in [9.17, 15) is 9.90 Å². The molecule has 1 amide bonds. The van der Waals surface area contributed by atoms with Gasteiger partial charge in [0.15, 0.2) is 0 Å². The Balaban J connectivity index is 1.56. The topological polar surface area (TPSA) is 92.7 Å². The van der Waals surface area contributed by atoms with Crippen LogP contribution in [0.1, 0.15) is 43.5 Å². The second-order valence-corrected chi connectivity index (χ2v) is 7.77. The van der Waals surface area contributed by atoms with Gasteiger partial charge in [-0.25, -0.2) is 4.98 Å². The summed E-state index contributed by atoms with van der Waals surface area (Å²) in [5.74, 6) is 0.510. The number of likely N-dealkylation sites (tertiary alicyclic amines) is 1. The Hall–Kier alpha value is -1.44. The highest BCUT2D eigenvalue weighted by Crippen LogP contribution is 2.44. The van der Waals surface area contributed by atoms with E-state index in [4.69, 9.17) is 5.11 Å². The van der Waals surface area contributed by atoms with Crippen LogP contribution in [0, 0.1) is 5.92 Å². The van der Waals surface area contributed by atoms with Crippen LogP contribution in [-0.4, -0.2) is 74.8 Å². The maximum atomic E-state index is 13.1. The summed E-state index contributed by atoms with van der Waals surface area (Å²) in [5, 5.41) is 18.8. The number of rotatable bonds is 4. The second-order valence-electron chi connectivity index (χ2n) is 7.77. The number of fused-ring (bicyclic) bond motifs is 2. The molecule has 0 unspecified atom stereocenters. The largest absolute Gasteiger partial charge is 0.394 e. The van der Waals surface area contributed by atoms with Crippen molar-refractivity contribution in [2.24, 2.45) is 5.92 Å². The lowest BCUT2D eigenvalue weighted by atomic mass is 9.76. The van der Waals surface area contributed by atoms with Gasteiger partial charge in [0.1, 0.15) is 0 Å². The molecule has 7 heteroatoms. The van der Waals surface area contributed by atoms with E-state index in [1.165, 1.54) is 5.69 Å². The standard InChI is InChI=1S/C18H28N4O3/c23-11-14(24)10-21-8-5-18(6-9-21)16-15(19-12-20-16)4-7-22(18)17(25)13-2-1-3-13/h12-14,23-24H,1-11H2,(H,19,20)/t14-/m1/s1. The third-order valence-electron chi connectivity index (χ3n) is 6.34. The molecule has 1 saturated heterocycles. The average molecular weight is 348 g/mol. The first-order chi connectivity index (χ1) is 12.1. The number of nitrogens with one attached hydrogen (secondary N) is 1. The van der Waals surface area contributed by atoms with Crippen LogP contribution < -0.4 is 0 Å². The molecule has 1 aromatic rings. The number of imidazole rings is 1. The Kier molecular flexibility index (Phi) is 4.56. The van der Waals surface area contributed by atoms with E-state index in [1.54, 1.807) is 6.33 Å². The summed E-state index contributed by atoms with van der Waals surface area (Å²) in [6, 6.07) is 0. The predicted octanol–water partition coefficient (Wildman–Crippen LogP) is 0.239. The third-order valence-corrected chi connectivity index (χ3v) is 6.34. The molecule has 3 heterocycles. The number of hydrogen-bond donors (Lipinski definition) is 3. The quantitative estimate of drug-likeness (QED) is 0.725. The molecule has 1 spiro atoms. The van der Waals surface area contributed by atoms with Crippen molar-refractivity contribution in [3.63, 3.8) is 0 Å². The smallest absolute Gasteiger partial charge is 0.226 e. The number of nitrogens with zero attached hydrogens (tertiary/aromatic N) is 3. The Morgan fingerprint density at radius 2 is 2.12 bits per heavy atom. The Bertz CT molecular complexity index is 620. The molecule has 4 rings (SSSR count). The van der Waals surface area contributed by atoms with Gasteiger partial charge < -0.3 is 25.0 Å². The number of carbonyl (C=O) groups excluding carboxylic acids is 1. The van der Waals surface area contributed by atoms with Gasteiger partial charge in [-0.1, -0.05) is 6.42 Å². The Labute approximate surface area is 148 Å². The van der Waals surface area contributed by atoms with E-state index >= 15 is 0 Å². The fourth-order valence-electron chi connectivity index (χ4n) is 4.64. The first kappa shape index (κ1) is 17.0. The number of carbonyl (C=O) groups is 1. The van der Waals surface area contributed by atoms with Crippen molar-refractivity contribution in [1.29, 1.82) is 0 Å².